The fourth-order valence-corrected chi connectivity index (χ4v) is 3.33. The standard InChI is InChI=1S/C17H22F3N3O2/c18-17(19,20)14-10-12(3-4-15(14)21)16(24)23-7-5-22(6-8-23)11-13-2-1-9-25-13/h3-4,10,13H,1-2,5-9,11,21H2. The van der Waals surface area contributed by atoms with Gasteiger partial charge in [-0.2, -0.15) is 13.2 Å². The van der Waals surface area contributed by atoms with Gasteiger partial charge in [-0.3, -0.25) is 9.69 Å². The molecule has 3 rings (SSSR count). The topological polar surface area (TPSA) is 58.8 Å². The molecule has 2 aliphatic heterocycles. The number of ether oxygens (including phenoxy) is 1. The van der Waals surface area contributed by atoms with Gasteiger partial charge in [0.25, 0.3) is 5.91 Å². The molecular weight excluding hydrogens is 335 g/mol. The number of carbonyl (C=O) groups is 1. The number of piperazine rings is 1. The number of carbonyl (C=O) groups excluding carboxylic acids is 1. The normalized spacial score (nSPS) is 22.4. The zero-order valence-electron chi connectivity index (χ0n) is 13.9. The molecule has 2 fully saturated rings. The summed E-state index contributed by atoms with van der Waals surface area (Å²) in [4.78, 5) is 16.4. The first kappa shape index (κ1) is 18.0. The van der Waals surface area contributed by atoms with Crippen LogP contribution in [0.5, 0.6) is 0 Å². The average Bonchev–Trinajstić information content (AvgIpc) is 3.07. The molecule has 0 aliphatic carbocycles. The number of hydrogen-bond donors (Lipinski definition) is 1. The summed E-state index contributed by atoms with van der Waals surface area (Å²) in [5.74, 6) is -0.387. The molecule has 0 saturated carbocycles. The lowest BCUT2D eigenvalue weighted by Gasteiger charge is -2.35. The average molecular weight is 357 g/mol. The third kappa shape index (κ3) is 4.24. The molecule has 1 amide bonds. The number of anilines is 1. The van der Waals surface area contributed by atoms with Crippen LogP contribution in [0.3, 0.4) is 0 Å². The maximum Gasteiger partial charge on any atom is 0.418 e. The number of nitrogens with zero attached hydrogens (tertiary/aromatic N) is 2. The summed E-state index contributed by atoms with van der Waals surface area (Å²) in [7, 11) is 0. The minimum absolute atomic E-state index is 0.0223. The SMILES string of the molecule is Nc1ccc(C(=O)N2CCN(CC3CCCO3)CC2)cc1C(F)(F)F. The highest BCUT2D eigenvalue weighted by Gasteiger charge is 2.34. The Hall–Kier alpha value is -1.80. The number of halogens is 3. The largest absolute Gasteiger partial charge is 0.418 e. The van der Waals surface area contributed by atoms with E-state index in [2.05, 4.69) is 4.90 Å². The predicted octanol–water partition coefficient (Wildman–Crippen LogP) is 2.22. The number of nitrogens with two attached hydrogens (primary N) is 1. The third-order valence-corrected chi connectivity index (χ3v) is 4.75. The quantitative estimate of drug-likeness (QED) is 0.843. The van der Waals surface area contributed by atoms with Crippen molar-refractivity contribution in [3.05, 3.63) is 29.3 Å². The van der Waals surface area contributed by atoms with E-state index in [1.54, 1.807) is 4.90 Å². The fraction of sp³-hybridized carbons (Fsp3) is 0.588. The monoisotopic (exact) mass is 357 g/mol. The van der Waals surface area contributed by atoms with Crippen molar-refractivity contribution in [1.82, 2.24) is 9.80 Å². The fourth-order valence-electron chi connectivity index (χ4n) is 3.33. The van der Waals surface area contributed by atoms with E-state index in [9.17, 15) is 18.0 Å². The van der Waals surface area contributed by atoms with E-state index in [0.717, 1.165) is 38.1 Å². The zero-order chi connectivity index (χ0) is 18.0. The van der Waals surface area contributed by atoms with Gasteiger partial charge in [0.2, 0.25) is 0 Å². The van der Waals surface area contributed by atoms with E-state index in [4.69, 9.17) is 10.5 Å². The molecule has 0 bridgehead atoms. The molecule has 1 aromatic rings. The molecule has 138 valence electrons. The lowest BCUT2D eigenvalue weighted by atomic mass is 10.1. The van der Waals surface area contributed by atoms with Crippen LogP contribution < -0.4 is 5.73 Å². The first-order chi connectivity index (χ1) is 11.8. The molecule has 25 heavy (non-hydrogen) atoms. The molecule has 0 radical (unpaired) electrons. The Kier molecular flexibility index (Phi) is 5.19. The van der Waals surface area contributed by atoms with Crippen LogP contribution in [0, 0.1) is 0 Å². The van der Waals surface area contributed by atoms with E-state index in [0.29, 0.717) is 26.2 Å². The molecule has 2 heterocycles. The Labute approximate surface area is 144 Å². The van der Waals surface area contributed by atoms with E-state index in [1.165, 1.54) is 6.07 Å². The molecule has 5 nitrogen and oxygen atoms in total. The number of alkyl halides is 3. The van der Waals surface area contributed by atoms with Gasteiger partial charge in [-0.15, -0.1) is 0 Å². The van der Waals surface area contributed by atoms with E-state index in [-0.39, 0.29) is 23.3 Å². The van der Waals surface area contributed by atoms with E-state index in [1.807, 2.05) is 0 Å². The van der Waals surface area contributed by atoms with Crippen molar-refractivity contribution in [2.75, 3.05) is 45.1 Å². The number of nitrogen functional groups attached to an aromatic ring is 1. The van der Waals surface area contributed by atoms with Crippen molar-refractivity contribution in [2.45, 2.75) is 25.1 Å². The van der Waals surface area contributed by atoms with Crippen LogP contribution in [-0.2, 0) is 10.9 Å². The number of amides is 1. The minimum atomic E-state index is -4.57. The summed E-state index contributed by atoms with van der Waals surface area (Å²) in [6.45, 7) is 4.05. The van der Waals surface area contributed by atoms with Gasteiger partial charge < -0.3 is 15.4 Å². The van der Waals surface area contributed by atoms with Crippen LogP contribution in [0.1, 0.15) is 28.8 Å². The predicted molar refractivity (Wildman–Crippen MR) is 87.2 cm³/mol. The Morgan fingerprint density at radius 3 is 2.56 bits per heavy atom. The van der Waals surface area contributed by atoms with Crippen LogP contribution in [0.25, 0.3) is 0 Å². The van der Waals surface area contributed by atoms with Crippen LogP contribution in [0.15, 0.2) is 18.2 Å². The summed E-state index contributed by atoms with van der Waals surface area (Å²) in [5, 5.41) is 0. The molecule has 0 aromatic heterocycles. The summed E-state index contributed by atoms with van der Waals surface area (Å²) >= 11 is 0. The number of benzene rings is 1. The third-order valence-electron chi connectivity index (χ3n) is 4.75. The van der Waals surface area contributed by atoms with Crippen molar-refractivity contribution in [3.8, 4) is 0 Å². The summed E-state index contributed by atoms with van der Waals surface area (Å²) < 4.78 is 44.5. The Morgan fingerprint density at radius 2 is 1.96 bits per heavy atom. The first-order valence-corrected chi connectivity index (χ1v) is 8.44. The van der Waals surface area contributed by atoms with E-state index >= 15 is 0 Å². The molecule has 2 aliphatic rings. The van der Waals surface area contributed by atoms with Crippen LogP contribution in [0.4, 0.5) is 18.9 Å². The van der Waals surface area contributed by atoms with Gasteiger partial charge >= 0.3 is 6.18 Å². The van der Waals surface area contributed by atoms with Crippen molar-refractivity contribution >= 4 is 11.6 Å². The minimum Gasteiger partial charge on any atom is -0.398 e. The maximum absolute atomic E-state index is 13.0. The van der Waals surface area contributed by atoms with Crippen molar-refractivity contribution < 1.29 is 22.7 Å². The summed E-state index contributed by atoms with van der Waals surface area (Å²) in [6.07, 6.45) is -2.17. The van der Waals surface area contributed by atoms with Gasteiger partial charge in [0.05, 0.1) is 11.7 Å². The van der Waals surface area contributed by atoms with Crippen LogP contribution >= 0.6 is 0 Å². The second kappa shape index (κ2) is 7.21. The van der Waals surface area contributed by atoms with Gasteiger partial charge in [0, 0.05) is 50.6 Å². The molecule has 0 spiro atoms. The lowest BCUT2D eigenvalue weighted by molar-refractivity contribution is -0.136. The molecule has 1 aromatic carbocycles. The Bertz CT molecular complexity index is 622. The lowest BCUT2D eigenvalue weighted by Crippen LogP contribution is -2.50. The highest BCUT2D eigenvalue weighted by molar-refractivity contribution is 5.95. The molecule has 8 heteroatoms. The van der Waals surface area contributed by atoms with Gasteiger partial charge in [-0.25, -0.2) is 0 Å². The Morgan fingerprint density at radius 1 is 1.24 bits per heavy atom. The smallest absolute Gasteiger partial charge is 0.398 e. The van der Waals surface area contributed by atoms with Crippen molar-refractivity contribution in [1.29, 1.82) is 0 Å². The summed E-state index contributed by atoms with van der Waals surface area (Å²) in [6, 6.07) is 3.34. The molecule has 2 N–H and O–H groups in total. The van der Waals surface area contributed by atoms with Crippen molar-refractivity contribution in [3.63, 3.8) is 0 Å². The van der Waals surface area contributed by atoms with Crippen LogP contribution in [0.2, 0.25) is 0 Å². The second-order valence-corrected chi connectivity index (χ2v) is 6.53. The maximum atomic E-state index is 13.0. The van der Waals surface area contributed by atoms with E-state index < -0.39 is 11.7 Å². The second-order valence-electron chi connectivity index (χ2n) is 6.53. The highest BCUT2D eigenvalue weighted by atomic mass is 19.4. The zero-order valence-corrected chi connectivity index (χ0v) is 13.9. The molecule has 1 atom stereocenters. The van der Waals surface area contributed by atoms with Gasteiger partial charge in [0.15, 0.2) is 0 Å². The molecule has 1 unspecified atom stereocenters. The summed E-state index contributed by atoms with van der Waals surface area (Å²) in [5.41, 5.74) is 4.08. The number of rotatable bonds is 3. The van der Waals surface area contributed by atoms with Gasteiger partial charge in [-0.1, -0.05) is 0 Å². The molecule has 2 saturated heterocycles. The number of hydrogen-bond acceptors (Lipinski definition) is 4. The highest BCUT2D eigenvalue weighted by Crippen LogP contribution is 2.34. The first-order valence-electron chi connectivity index (χ1n) is 8.44. The van der Waals surface area contributed by atoms with Crippen LogP contribution in [-0.4, -0.2) is 61.1 Å². The Balaban J connectivity index is 1.61. The van der Waals surface area contributed by atoms with Gasteiger partial charge in [-0.05, 0) is 31.0 Å². The molecular formula is C17H22F3N3O2. The van der Waals surface area contributed by atoms with Gasteiger partial charge in [0.1, 0.15) is 0 Å². The van der Waals surface area contributed by atoms with Crippen molar-refractivity contribution in [2.24, 2.45) is 0 Å².